The normalized spacial score (nSPS) is 20.6. The Hall–Kier alpha value is -0.300. The molecule has 1 aliphatic rings. The number of rotatable bonds is 2. The summed E-state index contributed by atoms with van der Waals surface area (Å²) in [7, 11) is 0. The lowest BCUT2D eigenvalue weighted by Gasteiger charge is -2.21. The third kappa shape index (κ3) is 2.03. The summed E-state index contributed by atoms with van der Waals surface area (Å²) in [5, 5.41) is 0. The second-order valence-electron chi connectivity index (χ2n) is 4.14. The molecule has 14 heavy (non-hydrogen) atoms. The van der Waals surface area contributed by atoms with E-state index in [1.165, 1.54) is 37.7 Å². The lowest BCUT2D eigenvalue weighted by atomic mass is 9.89. The SMILES string of the molecule is CCCc1ccc2c(c1)C(Br)CCC2. The molecule has 0 N–H and O–H groups in total. The van der Waals surface area contributed by atoms with Gasteiger partial charge in [0.05, 0.1) is 0 Å². The zero-order valence-electron chi connectivity index (χ0n) is 8.72. The molecule has 0 nitrogen and oxygen atoms in total. The average molecular weight is 253 g/mol. The smallest absolute Gasteiger partial charge is 0.0398 e. The molecule has 0 fully saturated rings. The third-order valence-corrected chi connectivity index (χ3v) is 3.94. The van der Waals surface area contributed by atoms with Gasteiger partial charge in [0.15, 0.2) is 0 Å². The van der Waals surface area contributed by atoms with Crippen LogP contribution in [0, 0.1) is 0 Å². The second kappa shape index (κ2) is 4.48. The molecule has 1 aliphatic carbocycles. The zero-order chi connectivity index (χ0) is 9.97. The van der Waals surface area contributed by atoms with Crippen molar-refractivity contribution >= 4 is 15.9 Å². The van der Waals surface area contributed by atoms with Gasteiger partial charge < -0.3 is 0 Å². The van der Waals surface area contributed by atoms with Crippen molar-refractivity contribution in [1.29, 1.82) is 0 Å². The van der Waals surface area contributed by atoms with Crippen LogP contribution in [0.15, 0.2) is 18.2 Å². The quantitative estimate of drug-likeness (QED) is 0.685. The molecule has 0 aliphatic heterocycles. The number of benzene rings is 1. The largest absolute Gasteiger partial charge is 0.0839 e. The monoisotopic (exact) mass is 252 g/mol. The maximum absolute atomic E-state index is 3.77. The minimum Gasteiger partial charge on any atom is -0.0839 e. The molecular weight excluding hydrogens is 236 g/mol. The Morgan fingerprint density at radius 3 is 3.07 bits per heavy atom. The molecule has 0 saturated carbocycles. The summed E-state index contributed by atoms with van der Waals surface area (Å²) in [6.07, 6.45) is 6.35. The van der Waals surface area contributed by atoms with Crippen LogP contribution in [-0.2, 0) is 12.8 Å². The van der Waals surface area contributed by atoms with Crippen LogP contribution in [0.3, 0.4) is 0 Å². The summed E-state index contributed by atoms with van der Waals surface area (Å²) in [6.45, 7) is 2.24. The van der Waals surface area contributed by atoms with E-state index in [2.05, 4.69) is 41.1 Å². The first-order valence-corrected chi connectivity index (χ1v) is 6.48. The van der Waals surface area contributed by atoms with E-state index in [-0.39, 0.29) is 0 Å². The predicted octanol–water partition coefficient (Wildman–Crippen LogP) is 4.41. The van der Waals surface area contributed by atoms with Crippen molar-refractivity contribution in [2.75, 3.05) is 0 Å². The Kier molecular flexibility index (Phi) is 3.27. The number of halogens is 1. The fourth-order valence-electron chi connectivity index (χ4n) is 2.24. The summed E-state index contributed by atoms with van der Waals surface area (Å²) < 4.78 is 0. The molecular formula is C13H17Br. The standard InChI is InChI=1S/C13H17Br/c1-2-4-10-7-8-11-5-3-6-13(14)12(11)9-10/h7-9,13H,2-6H2,1H3. The summed E-state index contributed by atoms with van der Waals surface area (Å²) in [6, 6.07) is 7.03. The van der Waals surface area contributed by atoms with E-state index in [0.29, 0.717) is 4.83 Å². The average Bonchev–Trinajstić information content (AvgIpc) is 2.20. The van der Waals surface area contributed by atoms with Crippen molar-refractivity contribution in [3.63, 3.8) is 0 Å². The molecule has 0 amide bonds. The number of alkyl halides is 1. The molecule has 0 aromatic heterocycles. The van der Waals surface area contributed by atoms with Crippen LogP contribution < -0.4 is 0 Å². The first-order chi connectivity index (χ1) is 6.81. The molecule has 1 aromatic carbocycles. The summed E-state index contributed by atoms with van der Waals surface area (Å²) in [5.41, 5.74) is 4.60. The summed E-state index contributed by atoms with van der Waals surface area (Å²) in [5.74, 6) is 0. The molecule has 0 saturated heterocycles. The third-order valence-electron chi connectivity index (χ3n) is 2.99. The van der Waals surface area contributed by atoms with Gasteiger partial charge in [-0.1, -0.05) is 47.5 Å². The fraction of sp³-hybridized carbons (Fsp3) is 0.538. The second-order valence-corrected chi connectivity index (χ2v) is 5.25. The number of hydrogen-bond acceptors (Lipinski definition) is 0. The van der Waals surface area contributed by atoms with E-state index in [9.17, 15) is 0 Å². The highest BCUT2D eigenvalue weighted by molar-refractivity contribution is 9.09. The van der Waals surface area contributed by atoms with E-state index >= 15 is 0 Å². The topological polar surface area (TPSA) is 0 Å². The molecule has 1 atom stereocenters. The van der Waals surface area contributed by atoms with Crippen LogP contribution in [0.1, 0.15) is 47.7 Å². The van der Waals surface area contributed by atoms with Crippen LogP contribution in [0.5, 0.6) is 0 Å². The van der Waals surface area contributed by atoms with E-state index in [0.717, 1.165) is 0 Å². The van der Waals surface area contributed by atoms with Crippen LogP contribution in [0.2, 0.25) is 0 Å². The minimum absolute atomic E-state index is 0.600. The summed E-state index contributed by atoms with van der Waals surface area (Å²) in [4.78, 5) is 0.600. The lowest BCUT2D eigenvalue weighted by Crippen LogP contribution is -2.05. The minimum atomic E-state index is 0.600. The van der Waals surface area contributed by atoms with Gasteiger partial charge in [0.2, 0.25) is 0 Å². The van der Waals surface area contributed by atoms with Gasteiger partial charge in [0.25, 0.3) is 0 Å². The highest BCUT2D eigenvalue weighted by Gasteiger charge is 2.17. The highest BCUT2D eigenvalue weighted by atomic mass is 79.9. The molecule has 2 rings (SSSR count). The fourth-order valence-corrected chi connectivity index (χ4v) is 2.99. The van der Waals surface area contributed by atoms with Crippen molar-refractivity contribution < 1.29 is 0 Å². The molecule has 1 aromatic rings. The Balaban J connectivity index is 2.31. The van der Waals surface area contributed by atoms with Crippen molar-refractivity contribution in [1.82, 2.24) is 0 Å². The van der Waals surface area contributed by atoms with Crippen LogP contribution in [-0.4, -0.2) is 0 Å². The Morgan fingerprint density at radius 2 is 2.29 bits per heavy atom. The van der Waals surface area contributed by atoms with Crippen molar-refractivity contribution in [2.45, 2.75) is 43.9 Å². The predicted molar refractivity (Wildman–Crippen MR) is 65.0 cm³/mol. The van der Waals surface area contributed by atoms with Gasteiger partial charge in [0.1, 0.15) is 0 Å². The van der Waals surface area contributed by atoms with Gasteiger partial charge in [0, 0.05) is 4.83 Å². The Labute approximate surface area is 94.8 Å². The van der Waals surface area contributed by atoms with Gasteiger partial charge in [-0.15, -0.1) is 0 Å². The van der Waals surface area contributed by atoms with Crippen molar-refractivity contribution in [3.8, 4) is 0 Å². The van der Waals surface area contributed by atoms with Gasteiger partial charge >= 0.3 is 0 Å². The number of fused-ring (bicyclic) bond motifs is 1. The van der Waals surface area contributed by atoms with Gasteiger partial charge in [-0.3, -0.25) is 0 Å². The molecule has 0 radical (unpaired) electrons. The molecule has 1 heteroatoms. The van der Waals surface area contributed by atoms with E-state index < -0.39 is 0 Å². The molecule has 76 valence electrons. The molecule has 0 spiro atoms. The number of aryl methyl sites for hydroxylation is 2. The van der Waals surface area contributed by atoms with Crippen LogP contribution in [0.4, 0.5) is 0 Å². The van der Waals surface area contributed by atoms with E-state index in [1.807, 2.05) is 0 Å². The van der Waals surface area contributed by atoms with E-state index in [1.54, 1.807) is 11.1 Å². The van der Waals surface area contributed by atoms with Crippen LogP contribution in [0.25, 0.3) is 0 Å². The van der Waals surface area contributed by atoms with Gasteiger partial charge in [-0.25, -0.2) is 0 Å². The first kappa shape index (κ1) is 10.2. The molecule has 0 heterocycles. The lowest BCUT2D eigenvalue weighted by molar-refractivity contribution is 0.679. The molecule has 1 unspecified atom stereocenters. The zero-order valence-corrected chi connectivity index (χ0v) is 10.3. The van der Waals surface area contributed by atoms with Gasteiger partial charge in [-0.05, 0) is 42.4 Å². The Bertz CT molecular complexity index is 317. The van der Waals surface area contributed by atoms with Gasteiger partial charge in [-0.2, -0.15) is 0 Å². The maximum Gasteiger partial charge on any atom is 0.0398 e. The van der Waals surface area contributed by atoms with E-state index in [4.69, 9.17) is 0 Å². The molecule has 0 bridgehead atoms. The highest BCUT2D eigenvalue weighted by Crippen LogP contribution is 2.36. The number of hydrogen-bond donors (Lipinski definition) is 0. The maximum atomic E-state index is 3.77. The van der Waals surface area contributed by atoms with Crippen molar-refractivity contribution in [2.24, 2.45) is 0 Å². The van der Waals surface area contributed by atoms with Crippen LogP contribution >= 0.6 is 15.9 Å². The summed E-state index contributed by atoms with van der Waals surface area (Å²) >= 11 is 3.77. The first-order valence-electron chi connectivity index (χ1n) is 5.57. The Morgan fingerprint density at radius 1 is 1.43 bits per heavy atom. The van der Waals surface area contributed by atoms with Crippen molar-refractivity contribution in [3.05, 3.63) is 34.9 Å².